The number of hydrogen-bond donors (Lipinski definition) is 1. The highest BCUT2D eigenvalue weighted by Gasteiger charge is 2.28. The summed E-state index contributed by atoms with van der Waals surface area (Å²) in [5.41, 5.74) is 6.02. The Balaban J connectivity index is 1.61. The summed E-state index contributed by atoms with van der Waals surface area (Å²) in [5, 5.41) is 3.24. The maximum atomic E-state index is 12.6. The number of hydrogen-bond acceptors (Lipinski definition) is 4. The Kier molecular flexibility index (Phi) is 4.25. The molecule has 1 aromatic heterocycles. The molecule has 0 amide bonds. The summed E-state index contributed by atoms with van der Waals surface area (Å²) in [4.78, 5) is 21.5. The van der Waals surface area contributed by atoms with E-state index in [2.05, 4.69) is 46.5 Å². The van der Waals surface area contributed by atoms with E-state index in [1.54, 1.807) is 6.20 Å². The molecule has 1 aliphatic carbocycles. The fraction of sp³-hybridized carbons (Fsp3) is 0.227. The van der Waals surface area contributed by atoms with Gasteiger partial charge >= 0.3 is 0 Å². The van der Waals surface area contributed by atoms with Gasteiger partial charge in [-0.15, -0.1) is 0 Å². The Labute approximate surface area is 153 Å². The van der Waals surface area contributed by atoms with Crippen LogP contribution in [0.25, 0.3) is 0 Å². The maximum Gasteiger partial charge on any atom is 0.227 e. The summed E-state index contributed by atoms with van der Waals surface area (Å²) in [6.45, 7) is 4.12. The van der Waals surface area contributed by atoms with Gasteiger partial charge in [-0.3, -0.25) is 4.79 Å². The van der Waals surface area contributed by atoms with Gasteiger partial charge in [0.15, 0.2) is 5.78 Å². The molecule has 130 valence electrons. The molecule has 0 saturated heterocycles. The zero-order valence-electron chi connectivity index (χ0n) is 15.0. The largest absolute Gasteiger partial charge is 0.324 e. The van der Waals surface area contributed by atoms with Crippen LogP contribution in [0.15, 0.2) is 54.7 Å². The SMILES string of the molecule is Cc1ccc([C@@H]2CC(=O)c3cnc(Nc4cccc(C)c4)nc3C2)cc1. The minimum absolute atomic E-state index is 0.124. The van der Waals surface area contributed by atoms with Crippen LogP contribution in [0.3, 0.4) is 0 Å². The molecule has 2 aromatic carbocycles. The van der Waals surface area contributed by atoms with Crippen molar-refractivity contribution in [1.29, 1.82) is 0 Å². The van der Waals surface area contributed by atoms with E-state index < -0.39 is 0 Å². The van der Waals surface area contributed by atoms with Crippen LogP contribution >= 0.6 is 0 Å². The van der Waals surface area contributed by atoms with Crippen LogP contribution in [0.1, 0.15) is 45.1 Å². The molecule has 1 atom stereocenters. The first-order chi connectivity index (χ1) is 12.6. The molecular formula is C22H21N3O. The normalized spacial score (nSPS) is 16.2. The molecule has 0 bridgehead atoms. The lowest BCUT2D eigenvalue weighted by atomic mass is 9.82. The van der Waals surface area contributed by atoms with E-state index in [-0.39, 0.29) is 11.7 Å². The van der Waals surface area contributed by atoms with Crippen molar-refractivity contribution in [1.82, 2.24) is 9.97 Å². The zero-order chi connectivity index (χ0) is 18.1. The predicted octanol–water partition coefficient (Wildman–Crippen LogP) is 4.75. The number of nitrogens with one attached hydrogen (secondary N) is 1. The number of carbonyl (C=O) groups is 1. The predicted molar refractivity (Wildman–Crippen MR) is 103 cm³/mol. The Hall–Kier alpha value is -3.01. The molecule has 1 heterocycles. The van der Waals surface area contributed by atoms with E-state index in [0.29, 0.717) is 17.9 Å². The number of rotatable bonds is 3. The third kappa shape index (κ3) is 3.36. The zero-order valence-corrected chi connectivity index (χ0v) is 15.0. The number of aryl methyl sites for hydroxylation is 2. The fourth-order valence-corrected chi connectivity index (χ4v) is 3.43. The van der Waals surface area contributed by atoms with Crippen LogP contribution in [0.4, 0.5) is 11.6 Å². The van der Waals surface area contributed by atoms with Gasteiger partial charge in [0.2, 0.25) is 5.95 Å². The van der Waals surface area contributed by atoms with E-state index in [9.17, 15) is 4.79 Å². The summed E-state index contributed by atoms with van der Waals surface area (Å²) in [7, 11) is 0. The van der Waals surface area contributed by atoms with Crippen LogP contribution in [-0.2, 0) is 6.42 Å². The molecule has 4 nitrogen and oxygen atoms in total. The van der Waals surface area contributed by atoms with Crippen LogP contribution in [0.5, 0.6) is 0 Å². The summed E-state index contributed by atoms with van der Waals surface area (Å²) in [6, 6.07) is 16.5. The van der Waals surface area contributed by atoms with Gasteiger partial charge in [-0.2, -0.15) is 0 Å². The molecule has 3 aromatic rings. The second-order valence-electron chi connectivity index (χ2n) is 6.99. The van der Waals surface area contributed by atoms with Crippen LogP contribution in [0.2, 0.25) is 0 Å². The van der Waals surface area contributed by atoms with E-state index in [0.717, 1.165) is 17.8 Å². The van der Waals surface area contributed by atoms with Crippen molar-refractivity contribution in [3.8, 4) is 0 Å². The Morgan fingerprint density at radius 1 is 1.00 bits per heavy atom. The van der Waals surface area contributed by atoms with Crippen molar-refractivity contribution in [2.75, 3.05) is 5.32 Å². The van der Waals surface area contributed by atoms with Crippen LogP contribution in [-0.4, -0.2) is 15.8 Å². The molecule has 1 aliphatic rings. The van der Waals surface area contributed by atoms with Crippen molar-refractivity contribution in [3.05, 3.63) is 82.7 Å². The monoisotopic (exact) mass is 343 g/mol. The Bertz CT molecular complexity index is 963. The quantitative estimate of drug-likeness (QED) is 0.745. The van der Waals surface area contributed by atoms with Gasteiger partial charge in [0.1, 0.15) is 0 Å². The van der Waals surface area contributed by atoms with Gasteiger partial charge < -0.3 is 5.32 Å². The summed E-state index contributed by atoms with van der Waals surface area (Å²) >= 11 is 0. The lowest BCUT2D eigenvalue weighted by Gasteiger charge is -2.23. The molecule has 4 rings (SSSR count). The van der Waals surface area contributed by atoms with E-state index in [1.807, 2.05) is 31.2 Å². The molecule has 26 heavy (non-hydrogen) atoms. The average molecular weight is 343 g/mol. The molecule has 0 spiro atoms. The third-order valence-electron chi connectivity index (χ3n) is 4.86. The highest BCUT2D eigenvalue weighted by Crippen LogP contribution is 2.32. The number of fused-ring (bicyclic) bond motifs is 1. The Morgan fingerprint density at radius 2 is 1.81 bits per heavy atom. The third-order valence-corrected chi connectivity index (χ3v) is 4.86. The number of carbonyl (C=O) groups excluding carboxylic acids is 1. The molecule has 0 saturated carbocycles. The van der Waals surface area contributed by atoms with Crippen molar-refractivity contribution >= 4 is 17.4 Å². The number of ketones is 1. The van der Waals surface area contributed by atoms with Crippen molar-refractivity contribution < 1.29 is 4.79 Å². The number of nitrogens with zero attached hydrogens (tertiary/aromatic N) is 2. The second-order valence-corrected chi connectivity index (χ2v) is 6.99. The van der Waals surface area contributed by atoms with Crippen molar-refractivity contribution in [2.24, 2.45) is 0 Å². The molecule has 4 heteroatoms. The fourth-order valence-electron chi connectivity index (χ4n) is 3.43. The summed E-state index contributed by atoms with van der Waals surface area (Å²) in [6.07, 6.45) is 2.94. The van der Waals surface area contributed by atoms with Gasteiger partial charge in [0.25, 0.3) is 0 Å². The van der Waals surface area contributed by atoms with Gasteiger partial charge in [-0.1, -0.05) is 42.0 Å². The summed E-state index contributed by atoms with van der Waals surface area (Å²) in [5.74, 6) is 0.836. The maximum absolute atomic E-state index is 12.6. The van der Waals surface area contributed by atoms with E-state index >= 15 is 0 Å². The first-order valence-corrected chi connectivity index (χ1v) is 8.88. The van der Waals surface area contributed by atoms with Crippen LogP contribution < -0.4 is 5.32 Å². The average Bonchev–Trinajstić information content (AvgIpc) is 2.62. The van der Waals surface area contributed by atoms with E-state index in [1.165, 1.54) is 16.7 Å². The number of anilines is 2. The van der Waals surface area contributed by atoms with Gasteiger partial charge in [0, 0.05) is 18.3 Å². The van der Waals surface area contributed by atoms with Gasteiger partial charge in [-0.05, 0) is 49.4 Å². The minimum Gasteiger partial charge on any atom is -0.324 e. The van der Waals surface area contributed by atoms with Crippen LogP contribution in [0, 0.1) is 13.8 Å². The first-order valence-electron chi connectivity index (χ1n) is 8.88. The lowest BCUT2D eigenvalue weighted by Crippen LogP contribution is -2.21. The molecular weight excluding hydrogens is 322 g/mol. The number of Topliss-reactive ketones (excluding diaryl/α,β-unsaturated/α-hetero) is 1. The summed E-state index contributed by atoms with van der Waals surface area (Å²) < 4.78 is 0. The first kappa shape index (κ1) is 16.5. The van der Waals surface area contributed by atoms with Crippen molar-refractivity contribution in [3.63, 3.8) is 0 Å². The molecule has 0 unspecified atom stereocenters. The van der Waals surface area contributed by atoms with Gasteiger partial charge in [-0.25, -0.2) is 9.97 Å². The minimum atomic E-state index is 0.124. The number of aromatic nitrogens is 2. The Morgan fingerprint density at radius 3 is 2.58 bits per heavy atom. The van der Waals surface area contributed by atoms with Crippen molar-refractivity contribution in [2.45, 2.75) is 32.6 Å². The standard InChI is InChI=1S/C22H21N3O/c1-14-6-8-16(9-7-14)17-11-20-19(21(26)12-17)13-23-22(25-20)24-18-5-3-4-15(2)10-18/h3-10,13,17H,11-12H2,1-2H3,(H,23,24,25)/t17-/m0/s1. The molecule has 0 aliphatic heterocycles. The molecule has 0 fully saturated rings. The van der Waals surface area contributed by atoms with E-state index in [4.69, 9.17) is 0 Å². The lowest BCUT2D eigenvalue weighted by molar-refractivity contribution is 0.0962. The number of benzene rings is 2. The highest BCUT2D eigenvalue weighted by molar-refractivity contribution is 5.98. The smallest absolute Gasteiger partial charge is 0.227 e. The second kappa shape index (κ2) is 6.71. The molecule has 1 N–H and O–H groups in total. The molecule has 0 radical (unpaired) electrons. The van der Waals surface area contributed by atoms with Gasteiger partial charge in [0.05, 0.1) is 11.3 Å². The topological polar surface area (TPSA) is 54.9 Å². The highest BCUT2D eigenvalue weighted by atomic mass is 16.1.